The number of hydrogen-bond donors (Lipinski definition) is 0. The van der Waals surface area contributed by atoms with Gasteiger partial charge in [-0.05, 0) is 30.7 Å². The molecule has 3 aromatic rings. The van der Waals surface area contributed by atoms with Gasteiger partial charge in [-0.3, -0.25) is 4.79 Å². The molecule has 0 bridgehead atoms. The molecular formula is C19H16FNO3. The van der Waals surface area contributed by atoms with Crippen LogP contribution in [0.5, 0.6) is 0 Å². The van der Waals surface area contributed by atoms with Gasteiger partial charge in [0.1, 0.15) is 5.82 Å². The fourth-order valence-corrected chi connectivity index (χ4v) is 2.82. The lowest BCUT2D eigenvalue weighted by atomic mass is 10.1. The minimum absolute atomic E-state index is 0.109. The molecule has 0 fully saturated rings. The van der Waals surface area contributed by atoms with E-state index in [1.54, 1.807) is 17.6 Å². The first-order chi connectivity index (χ1) is 11.7. The molecule has 0 saturated carbocycles. The minimum Gasteiger partial charge on any atom is -0.462 e. The van der Waals surface area contributed by atoms with Gasteiger partial charge in [-0.1, -0.05) is 30.3 Å². The average molecular weight is 325 g/mol. The first-order valence-corrected chi connectivity index (χ1v) is 7.63. The Labute approximate surface area is 138 Å². The smallest absolute Gasteiger partial charge is 0.341 e. The quantitative estimate of drug-likeness (QED) is 0.529. The second kappa shape index (κ2) is 6.66. The number of ether oxygens (including phenoxy) is 1. The summed E-state index contributed by atoms with van der Waals surface area (Å²) in [5, 5.41) is 0.381. The molecule has 0 saturated heterocycles. The molecule has 0 aliphatic rings. The van der Waals surface area contributed by atoms with E-state index in [1.165, 1.54) is 12.1 Å². The standard InChI is InChI=1S/C19H16FNO3/c1-2-24-19(23)18-15-10-14(20)8-9-16(15)21(17(18)12-22)11-13-6-4-3-5-7-13/h3-10,12H,2,11H2,1H3. The van der Waals surface area contributed by atoms with E-state index in [0.29, 0.717) is 23.7 Å². The average Bonchev–Trinajstić information content (AvgIpc) is 2.88. The first-order valence-electron chi connectivity index (χ1n) is 7.63. The molecule has 3 rings (SSSR count). The number of nitrogens with zero attached hydrogens (tertiary/aromatic N) is 1. The maximum absolute atomic E-state index is 13.7. The normalized spacial score (nSPS) is 10.8. The molecule has 5 heteroatoms. The fourth-order valence-electron chi connectivity index (χ4n) is 2.82. The molecule has 24 heavy (non-hydrogen) atoms. The van der Waals surface area contributed by atoms with Crippen molar-refractivity contribution in [3.05, 3.63) is 71.2 Å². The molecule has 0 N–H and O–H groups in total. The maximum atomic E-state index is 13.7. The Bertz CT molecular complexity index is 900. The van der Waals surface area contributed by atoms with Crippen molar-refractivity contribution in [3.63, 3.8) is 0 Å². The predicted molar refractivity (Wildman–Crippen MR) is 88.8 cm³/mol. The van der Waals surface area contributed by atoms with Crippen molar-refractivity contribution in [1.82, 2.24) is 4.57 Å². The lowest BCUT2D eigenvalue weighted by Gasteiger charge is -2.08. The number of hydrogen-bond acceptors (Lipinski definition) is 3. The van der Waals surface area contributed by atoms with Gasteiger partial charge in [0, 0.05) is 17.4 Å². The van der Waals surface area contributed by atoms with Crippen molar-refractivity contribution in [2.75, 3.05) is 6.61 Å². The van der Waals surface area contributed by atoms with Crippen LogP contribution in [0.15, 0.2) is 48.5 Å². The Morgan fingerprint density at radius 2 is 1.96 bits per heavy atom. The summed E-state index contributed by atoms with van der Waals surface area (Å²) < 4.78 is 20.4. The Hall–Kier alpha value is -2.95. The van der Waals surface area contributed by atoms with Crippen molar-refractivity contribution >= 4 is 23.2 Å². The number of rotatable bonds is 5. The third kappa shape index (κ3) is 2.80. The van der Waals surface area contributed by atoms with Gasteiger partial charge in [0.25, 0.3) is 0 Å². The highest BCUT2D eigenvalue weighted by atomic mass is 19.1. The lowest BCUT2D eigenvalue weighted by Crippen LogP contribution is -2.10. The maximum Gasteiger partial charge on any atom is 0.341 e. The minimum atomic E-state index is -0.623. The molecule has 1 aromatic heterocycles. The van der Waals surface area contributed by atoms with Gasteiger partial charge >= 0.3 is 5.97 Å². The second-order valence-corrected chi connectivity index (χ2v) is 5.33. The summed E-state index contributed by atoms with van der Waals surface area (Å²) in [4.78, 5) is 24.0. The zero-order chi connectivity index (χ0) is 17.1. The molecule has 0 atom stereocenters. The molecule has 0 amide bonds. The van der Waals surface area contributed by atoms with E-state index < -0.39 is 11.8 Å². The summed E-state index contributed by atoms with van der Waals surface area (Å²) in [7, 11) is 0. The summed E-state index contributed by atoms with van der Waals surface area (Å²) >= 11 is 0. The Balaban J connectivity index is 2.24. The Morgan fingerprint density at radius 3 is 2.62 bits per heavy atom. The largest absolute Gasteiger partial charge is 0.462 e. The molecule has 122 valence electrons. The Morgan fingerprint density at radius 1 is 1.21 bits per heavy atom. The van der Waals surface area contributed by atoms with E-state index in [1.807, 2.05) is 30.3 Å². The van der Waals surface area contributed by atoms with Gasteiger partial charge in [0.05, 0.1) is 17.9 Å². The highest BCUT2D eigenvalue weighted by molar-refractivity contribution is 6.10. The SMILES string of the molecule is CCOC(=O)c1c(C=O)n(Cc2ccccc2)c2ccc(F)cc12. The molecule has 2 aromatic carbocycles. The van der Waals surface area contributed by atoms with Crippen molar-refractivity contribution < 1.29 is 18.7 Å². The number of carbonyl (C=O) groups excluding carboxylic acids is 2. The molecule has 0 radical (unpaired) electrons. The molecular weight excluding hydrogens is 309 g/mol. The van der Waals surface area contributed by atoms with Crippen LogP contribution in [0.1, 0.15) is 33.3 Å². The third-order valence-electron chi connectivity index (χ3n) is 3.84. The fraction of sp³-hybridized carbons (Fsp3) is 0.158. The van der Waals surface area contributed by atoms with Crippen LogP contribution >= 0.6 is 0 Å². The van der Waals surface area contributed by atoms with Gasteiger partial charge in [-0.2, -0.15) is 0 Å². The molecule has 1 heterocycles. The van der Waals surface area contributed by atoms with Crippen LogP contribution in [0.2, 0.25) is 0 Å². The number of carbonyl (C=O) groups is 2. The number of aldehydes is 1. The van der Waals surface area contributed by atoms with Crippen LogP contribution in [0.3, 0.4) is 0 Å². The van der Waals surface area contributed by atoms with Crippen LogP contribution in [-0.2, 0) is 11.3 Å². The van der Waals surface area contributed by atoms with Crippen LogP contribution in [0.25, 0.3) is 10.9 Å². The second-order valence-electron chi connectivity index (χ2n) is 5.33. The van der Waals surface area contributed by atoms with E-state index in [-0.39, 0.29) is 17.9 Å². The molecule has 0 aliphatic carbocycles. The van der Waals surface area contributed by atoms with E-state index in [4.69, 9.17) is 4.74 Å². The van der Waals surface area contributed by atoms with E-state index >= 15 is 0 Å². The van der Waals surface area contributed by atoms with Gasteiger partial charge < -0.3 is 9.30 Å². The van der Waals surface area contributed by atoms with Crippen LogP contribution < -0.4 is 0 Å². The van der Waals surface area contributed by atoms with Crippen LogP contribution in [-0.4, -0.2) is 23.4 Å². The summed E-state index contributed by atoms with van der Waals surface area (Å²) in [6, 6.07) is 13.7. The van der Waals surface area contributed by atoms with Gasteiger partial charge in [-0.15, -0.1) is 0 Å². The molecule has 0 unspecified atom stereocenters. The third-order valence-corrected chi connectivity index (χ3v) is 3.84. The summed E-state index contributed by atoms with van der Waals surface area (Å²) in [6.45, 7) is 2.26. The van der Waals surface area contributed by atoms with Crippen LogP contribution in [0, 0.1) is 5.82 Å². The molecule has 0 spiro atoms. The van der Waals surface area contributed by atoms with Crippen LogP contribution in [0.4, 0.5) is 4.39 Å². The van der Waals surface area contributed by atoms with Crippen molar-refractivity contribution in [2.45, 2.75) is 13.5 Å². The zero-order valence-corrected chi connectivity index (χ0v) is 13.2. The summed E-state index contributed by atoms with van der Waals surface area (Å²) in [5.74, 6) is -1.09. The van der Waals surface area contributed by atoms with E-state index in [9.17, 15) is 14.0 Å². The Kier molecular flexibility index (Phi) is 4.42. The molecule has 4 nitrogen and oxygen atoms in total. The summed E-state index contributed by atoms with van der Waals surface area (Å²) in [6.07, 6.45) is 0.618. The monoisotopic (exact) mass is 325 g/mol. The van der Waals surface area contributed by atoms with Crippen molar-refractivity contribution in [3.8, 4) is 0 Å². The zero-order valence-electron chi connectivity index (χ0n) is 13.2. The molecule has 0 aliphatic heterocycles. The van der Waals surface area contributed by atoms with Crippen molar-refractivity contribution in [2.24, 2.45) is 0 Å². The number of halogens is 1. The first kappa shape index (κ1) is 15.9. The predicted octanol–water partition coefficient (Wildman–Crippen LogP) is 3.82. The highest BCUT2D eigenvalue weighted by Crippen LogP contribution is 2.28. The van der Waals surface area contributed by atoms with Gasteiger partial charge in [0.15, 0.2) is 6.29 Å². The summed E-state index contributed by atoms with van der Waals surface area (Å²) in [5.41, 5.74) is 1.89. The number of fused-ring (bicyclic) bond motifs is 1. The van der Waals surface area contributed by atoms with E-state index in [2.05, 4.69) is 0 Å². The lowest BCUT2D eigenvalue weighted by molar-refractivity contribution is 0.0526. The van der Waals surface area contributed by atoms with E-state index in [0.717, 1.165) is 5.56 Å². The topological polar surface area (TPSA) is 48.3 Å². The highest BCUT2D eigenvalue weighted by Gasteiger charge is 2.23. The number of benzene rings is 2. The number of aromatic nitrogens is 1. The number of esters is 1. The van der Waals surface area contributed by atoms with Gasteiger partial charge in [0.2, 0.25) is 0 Å². The van der Waals surface area contributed by atoms with Gasteiger partial charge in [-0.25, -0.2) is 9.18 Å². The van der Waals surface area contributed by atoms with Crippen molar-refractivity contribution in [1.29, 1.82) is 0 Å².